The highest BCUT2D eigenvalue weighted by Crippen LogP contribution is 2.32. The third-order valence-electron chi connectivity index (χ3n) is 3.46. The number of primary amides is 1. The molecule has 1 aliphatic heterocycles. The van der Waals surface area contributed by atoms with Crippen molar-refractivity contribution in [2.45, 2.75) is 23.0 Å². The molecule has 0 spiro atoms. The van der Waals surface area contributed by atoms with Crippen LogP contribution in [0.1, 0.15) is 23.2 Å². The number of amides is 1. The maximum atomic E-state index is 11.7. The van der Waals surface area contributed by atoms with Gasteiger partial charge in [0.15, 0.2) is 0 Å². The third kappa shape index (κ3) is 3.74. The van der Waals surface area contributed by atoms with Gasteiger partial charge >= 0.3 is 5.97 Å². The Balaban J connectivity index is 2.07. The second-order valence-corrected chi connectivity index (χ2v) is 6.07. The van der Waals surface area contributed by atoms with E-state index in [4.69, 9.17) is 10.8 Å². The Morgan fingerprint density at radius 3 is 2.35 bits per heavy atom. The fourth-order valence-electron chi connectivity index (χ4n) is 2.36. The van der Waals surface area contributed by atoms with E-state index < -0.39 is 5.97 Å². The molecule has 1 unspecified atom stereocenters. The van der Waals surface area contributed by atoms with Gasteiger partial charge in [-0.2, -0.15) is 0 Å². The highest BCUT2D eigenvalue weighted by Gasteiger charge is 2.28. The van der Waals surface area contributed by atoms with Gasteiger partial charge in [0.05, 0.1) is 10.8 Å². The van der Waals surface area contributed by atoms with Crippen molar-refractivity contribution in [3.63, 3.8) is 0 Å². The fraction of sp³-hybridized carbons (Fsp3) is 0.429. The molecule has 1 aromatic rings. The molecular weight excluding hydrogens is 276 g/mol. The van der Waals surface area contributed by atoms with Crippen LogP contribution in [-0.2, 0) is 4.79 Å². The average Bonchev–Trinajstić information content (AvgIpc) is 2.46. The van der Waals surface area contributed by atoms with Crippen LogP contribution in [0.25, 0.3) is 0 Å². The summed E-state index contributed by atoms with van der Waals surface area (Å²) in [6, 6.07) is 6.55. The first-order chi connectivity index (χ1) is 9.58. The van der Waals surface area contributed by atoms with Gasteiger partial charge in [-0.15, -0.1) is 11.8 Å². The molecule has 1 saturated heterocycles. The number of benzene rings is 1. The lowest BCUT2D eigenvalue weighted by molar-refractivity contribution is -0.118. The molecule has 5 nitrogen and oxygen atoms in total. The van der Waals surface area contributed by atoms with Crippen molar-refractivity contribution < 1.29 is 14.7 Å². The number of carbonyl (C=O) groups excluding carboxylic acids is 1. The van der Waals surface area contributed by atoms with Crippen molar-refractivity contribution in [3.8, 4) is 0 Å². The number of carboxylic acids is 1. The predicted octanol–water partition coefficient (Wildman–Crippen LogP) is 1.33. The topological polar surface area (TPSA) is 92.4 Å². The average molecular weight is 294 g/mol. The molecule has 0 bridgehead atoms. The van der Waals surface area contributed by atoms with E-state index in [0.717, 1.165) is 30.8 Å². The second-order valence-electron chi connectivity index (χ2n) is 4.86. The molecule has 1 atom stereocenters. The van der Waals surface area contributed by atoms with Crippen molar-refractivity contribution in [2.75, 3.05) is 13.1 Å². The van der Waals surface area contributed by atoms with Gasteiger partial charge in [0.25, 0.3) is 0 Å². The minimum atomic E-state index is -0.952. The van der Waals surface area contributed by atoms with Crippen LogP contribution in [0.15, 0.2) is 29.2 Å². The quantitative estimate of drug-likeness (QED) is 0.713. The van der Waals surface area contributed by atoms with Gasteiger partial charge in [-0.25, -0.2) is 4.79 Å². The van der Waals surface area contributed by atoms with Crippen molar-refractivity contribution in [1.29, 1.82) is 0 Å². The lowest BCUT2D eigenvalue weighted by Crippen LogP contribution is -2.39. The molecule has 0 saturated carbocycles. The molecule has 1 heterocycles. The second kappa shape index (κ2) is 6.76. The molecule has 108 valence electrons. The van der Waals surface area contributed by atoms with Crippen LogP contribution in [0.3, 0.4) is 0 Å². The maximum absolute atomic E-state index is 11.7. The number of thioether (sulfide) groups is 1. The molecule has 1 aliphatic rings. The zero-order valence-corrected chi connectivity index (χ0v) is 11.9. The third-order valence-corrected chi connectivity index (χ3v) is 4.87. The monoisotopic (exact) mass is 294 g/mol. The minimum absolute atomic E-state index is 0.242. The molecule has 1 fully saturated rings. The number of carboxylic acid groups (broad SMARTS) is 1. The van der Waals surface area contributed by atoms with Crippen LogP contribution in [0.4, 0.5) is 0 Å². The summed E-state index contributed by atoms with van der Waals surface area (Å²) in [6.45, 7) is 1.82. The first kappa shape index (κ1) is 14.9. The molecule has 6 heteroatoms. The van der Waals surface area contributed by atoms with Crippen LogP contribution in [0.5, 0.6) is 0 Å². The van der Waals surface area contributed by atoms with Gasteiger partial charge in [-0.3, -0.25) is 4.79 Å². The van der Waals surface area contributed by atoms with Crippen LogP contribution in [0, 0.1) is 5.92 Å². The van der Waals surface area contributed by atoms with Crippen LogP contribution in [0.2, 0.25) is 0 Å². The van der Waals surface area contributed by atoms with Gasteiger partial charge in [0, 0.05) is 4.90 Å². The zero-order valence-electron chi connectivity index (χ0n) is 11.0. The highest BCUT2D eigenvalue weighted by atomic mass is 32.2. The number of nitrogens with one attached hydrogen (secondary N) is 1. The van der Waals surface area contributed by atoms with E-state index >= 15 is 0 Å². The number of rotatable bonds is 5. The minimum Gasteiger partial charge on any atom is -0.478 e. The maximum Gasteiger partial charge on any atom is 0.335 e. The summed E-state index contributed by atoms with van der Waals surface area (Å²) >= 11 is 1.43. The molecule has 20 heavy (non-hydrogen) atoms. The van der Waals surface area contributed by atoms with E-state index in [2.05, 4.69) is 5.32 Å². The number of aromatic carboxylic acids is 1. The molecule has 1 amide bonds. The number of nitrogens with two attached hydrogens (primary N) is 1. The largest absolute Gasteiger partial charge is 0.478 e. The summed E-state index contributed by atoms with van der Waals surface area (Å²) in [5.41, 5.74) is 5.76. The van der Waals surface area contributed by atoms with Crippen molar-refractivity contribution in [1.82, 2.24) is 5.32 Å². The molecule has 0 radical (unpaired) electrons. The molecule has 1 aromatic carbocycles. The van der Waals surface area contributed by atoms with E-state index in [-0.39, 0.29) is 22.6 Å². The van der Waals surface area contributed by atoms with Gasteiger partial charge in [-0.05, 0) is 56.1 Å². The molecule has 4 N–H and O–H groups in total. The van der Waals surface area contributed by atoms with Crippen LogP contribution >= 0.6 is 11.8 Å². The van der Waals surface area contributed by atoms with Crippen LogP contribution < -0.4 is 11.1 Å². The normalized spacial score (nSPS) is 17.6. The summed E-state index contributed by atoms with van der Waals surface area (Å²) in [4.78, 5) is 23.3. The number of hydrogen-bond acceptors (Lipinski definition) is 4. The number of carbonyl (C=O) groups is 2. The Bertz CT molecular complexity index is 484. The zero-order chi connectivity index (χ0) is 14.5. The summed E-state index contributed by atoms with van der Waals surface area (Å²) in [6.07, 6.45) is 1.88. The molecule has 2 rings (SSSR count). The summed E-state index contributed by atoms with van der Waals surface area (Å²) in [5, 5.41) is 11.9. The number of piperidine rings is 1. The van der Waals surface area contributed by atoms with Crippen molar-refractivity contribution in [3.05, 3.63) is 29.8 Å². The number of hydrogen-bond donors (Lipinski definition) is 3. The van der Waals surface area contributed by atoms with Crippen molar-refractivity contribution >= 4 is 23.6 Å². The Labute approximate surface area is 121 Å². The first-order valence-corrected chi connectivity index (χ1v) is 7.46. The van der Waals surface area contributed by atoms with E-state index in [0.29, 0.717) is 0 Å². The van der Waals surface area contributed by atoms with E-state index in [1.807, 2.05) is 0 Å². The smallest absolute Gasteiger partial charge is 0.335 e. The predicted molar refractivity (Wildman–Crippen MR) is 77.8 cm³/mol. The Kier molecular flexibility index (Phi) is 5.03. The Hall–Kier alpha value is -1.53. The van der Waals surface area contributed by atoms with Crippen LogP contribution in [-0.4, -0.2) is 35.3 Å². The summed E-state index contributed by atoms with van der Waals surface area (Å²) in [7, 11) is 0. The van der Waals surface area contributed by atoms with Crippen molar-refractivity contribution in [2.24, 2.45) is 11.7 Å². The Morgan fingerprint density at radius 1 is 1.25 bits per heavy atom. The fourth-order valence-corrected chi connectivity index (χ4v) is 3.52. The standard InChI is InChI=1S/C14H18N2O3S/c15-13(17)12(9-5-7-16-8-6-9)20-11-3-1-10(2-4-11)14(18)19/h1-4,9,12,16H,5-8H2,(H2,15,17)(H,18,19). The first-order valence-electron chi connectivity index (χ1n) is 6.58. The van der Waals surface area contributed by atoms with Gasteiger partial charge < -0.3 is 16.2 Å². The lowest BCUT2D eigenvalue weighted by atomic mass is 9.94. The molecule has 0 aromatic heterocycles. The van der Waals surface area contributed by atoms with Gasteiger partial charge in [0.2, 0.25) is 5.91 Å². The molecule has 0 aliphatic carbocycles. The van der Waals surface area contributed by atoms with Gasteiger partial charge in [0.1, 0.15) is 0 Å². The molecular formula is C14H18N2O3S. The lowest BCUT2D eigenvalue weighted by Gasteiger charge is -2.28. The van der Waals surface area contributed by atoms with E-state index in [1.54, 1.807) is 24.3 Å². The van der Waals surface area contributed by atoms with Gasteiger partial charge in [-0.1, -0.05) is 0 Å². The highest BCUT2D eigenvalue weighted by molar-refractivity contribution is 8.00. The summed E-state index contributed by atoms with van der Waals surface area (Å²) in [5.74, 6) is -0.978. The van der Waals surface area contributed by atoms with E-state index in [9.17, 15) is 9.59 Å². The Morgan fingerprint density at radius 2 is 1.85 bits per heavy atom. The van der Waals surface area contributed by atoms with E-state index in [1.165, 1.54) is 11.8 Å². The SMILES string of the molecule is NC(=O)C(Sc1ccc(C(=O)O)cc1)C1CCNCC1. The summed E-state index contributed by atoms with van der Waals surface area (Å²) < 4.78 is 0.